The molecule has 8 heteroatoms. The van der Waals surface area contributed by atoms with Crippen LogP contribution in [0.1, 0.15) is 32.6 Å². The molecule has 1 aliphatic rings. The molecule has 0 saturated carbocycles. The van der Waals surface area contributed by atoms with Crippen LogP contribution in [0.5, 0.6) is 0 Å². The third kappa shape index (κ3) is 25.8. The predicted molar refractivity (Wildman–Crippen MR) is 83.3 cm³/mol. The Bertz CT molecular complexity index is 311. The van der Waals surface area contributed by atoms with Gasteiger partial charge in [-0.1, -0.05) is 13.0 Å². The molecule has 23 heavy (non-hydrogen) atoms. The lowest BCUT2D eigenvalue weighted by molar-refractivity contribution is -0.137. The Morgan fingerprint density at radius 2 is 1.70 bits per heavy atom. The van der Waals surface area contributed by atoms with Gasteiger partial charge in [0.05, 0.1) is 26.4 Å². The van der Waals surface area contributed by atoms with Crippen LogP contribution in [0, 0.1) is 0 Å². The molecule has 1 saturated heterocycles. The van der Waals surface area contributed by atoms with E-state index in [4.69, 9.17) is 29.9 Å². The Hall–Kier alpha value is -1.48. The van der Waals surface area contributed by atoms with Gasteiger partial charge in [0, 0.05) is 18.6 Å². The highest BCUT2D eigenvalue weighted by Crippen LogP contribution is 2.09. The van der Waals surface area contributed by atoms with Crippen molar-refractivity contribution in [1.82, 2.24) is 0 Å². The van der Waals surface area contributed by atoms with E-state index in [1.54, 1.807) is 0 Å². The highest BCUT2D eigenvalue weighted by atomic mass is 16.6. The largest absolute Gasteiger partial charge is 0.481 e. The summed E-state index contributed by atoms with van der Waals surface area (Å²) in [5.41, 5.74) is 0.176. The Balaban J connectivity index is 0. The number of hydrogen-bond donors (Lipinski definition) is 4. The molecule has 1 rings (SSSR count). The van der Waals surface area contributed by atoms with Gasteiger partial charge in [-0.15, -0.1) is 0 Å². The summed E-state index contributed by atoms with van der Waals surface area (Å²) in [7, 11) is 0. The molecule has 1 aliphatic heterocycles. The van der Waals surface area contributed by atoms with Crippen molar-refractivity contribution in [2.24, 2.45) is 0 Å². The first-order valence-corrected chi connectivity index (χ1v) is 7.36. The number of epoxide rings is 1. The summed E-state index contributed by atoms with van der Waals surface area (Å²) < 4.78 is 10.3. The van der Waals surface area contributed by atoms with Gasteiger partial charge in [-0.25, -0.2) is 4.79 Å². The third-order valence-electron chi connectivity index (χ3n) is 2.35. The smallest absolute Gasteiger partial charge is 0.330 e. The highest BCUT2D eigenvalue weighted by Gasteiger charge is 2.21. The maximum Gasteiger partial charge on any atom is 0.330 e. The van der Waals surface area contributed by atoms with E-state index in [0.29, 0.717) is 12.7 Å². The molecule has 136 valence electrons. The van der Waals surface area contributed by atoms with Gasteiger partial charge in [0.2, 0.25) is 0 Å². The van der Waals surface area contributed by atoms with E-state index in [-0.39, 0.29) is 25.2 Å². The lowest BCUT2D eigenvalue weighted by Gasteiger charge is -2.00. The van der Waals surface area contributed by atoms with Crippen LogP contribution >= 0.6 is 0 Å². The third-order valence-corrected chi connectivity index (χ3v) is 2.35. The monoisotopic (exact) mass is 336 g/mol. The van der Waals surface area contributed by atoms with E-state index in [0.717, 1.165) is 32.5 Å². The van der Waals surface area contributed by atoms with Crippen LogP contribution < -0.4 is 0 Å². The number of rotatable bonds is 10. The molecule has 4 N–H and O–H groups in total. The maximum atomic E-state index is 10.1. The van der Waals surface area contributed by atoms with Crippen molar-refractivity contribution in [2.45, 2.75) is 38.7 Å². The van der Waals surface area contributed by atoms with Crippen LogP contribution in [0.25, 0.3) is 0 Å². The van der Waals surface area contributed by atoms with Crippen molar-refractivity contribution in [3.63, 3.8) is 0 Å². The Labute approximate surface area is 136 Å². The molecule has 8 nitrogen and oxygen atoms in total. The first-order chi connectivity index (χ1) is 10.8. The van der Waals surface area contributed by atoms with E-state index in [9.17, 15) is 9.59 Å². The van der Waals surface area contributed by atoms with Gasteiger partial charge in [-0.2, -0.15) is 0 Å². The second kappa shape index (κ2) is 16.9. The second-order valence-corrected chi connectivity index (χ2v) is 4.77. The predicted octanol–water partition coefficient (Wildman–Crippen LogP) is 0.665. The molecule has 0 radical (unpaired) electrons. The number of aliphatic carboxylic acids is 2. The lowest BCUT2D eigenvalue weighted by atomic mass is 10.2. The molecule has 1 heterocycles. The number of aliphatic hydroxyl groups excluding tert-OH is 2. The van der Waals surface area contributed by atoms with Crippen LogP contribution in [-0.4, -0.2) is 71.5 Å². The van der Waals surface area contributed by atoms with Crippen molar-refractivity contribution in [1.29, 1.82) is 0 Å². The topological polar surface area (TPSA) is 137 Å². The molecule has 1 unspecified atom stereocenters. The summed E-state index contributed by atoms with van der Waals surface area (Å²) in [6.07, 6.45) is 3.22. The van der Waals surface area contributed by atoms with E-state index >= 15 is 0 Å². The van der Waals surface area contributed by atoms with E-state index < -0.39 is 11.9 Å². The molecule has 0 bridgehead atoms. The Morgan fingerprint density at radius 3 is 2.04 bits per heavy atom. The molecule has 0 aromatic heterocycles. The average Bonchev–Trinajstić information content (AvgIpc) is 3.31. The fourth-order valence-electron chi connectivity index (χ4n) is 1.04. The van der Waals surface area contributed by atoms with Crippen molar-refractivity contribution in [3.05, 3.63) is 12.2 Å². The zero-order valence-electron chi connectivity index (χ0n) is 13.6. The molecule has 0 aromatic carbocycles. The molecular formula is C15H28O8. The summed E-state index contributed by atoms with van der Waals surface area (Å²) in [4.78, 5) is 19.7. The number of ether oxygens (including phenoxy) is 2. The van der Waals surface area contributed by atoms with Gasteiger partial charge in [-0.05, 0) is 19.8 Å². The minimum absolute atomic E-state index is 0.125. The average molecular weight is 336 g/mol. The van der Waals surface area contributed by atoms with Gasteiger partial charge >= 0.3 is 11.9 Å². The van der Waals surface area contributed by atoms with Crippen LogP contribution in [0.2, 0.25) is 0 Å². The van der Waals surface area contributed by atoms with Gasteiger partial charge in [0.1, 0.15) is 6.10 Å². The van der Waals surface area contributed by atoms with Crippen LogP contribution in [-0.2, 0) is 19.1 Å². The van der Waals surface area contributed by atoms with Gasteiger partial charge in [0.25, 0.3) is 0 Å². The van der Waals surface area contributed by atoms with Crippen molar-refractivity contribution >= 4 is 11.9 Å². The number of aliphatic hydroxyl groups is 2. The van der Waals surface area contributed by atoms with Gasteiger partial charge in [-0.3, -0.25) is 4.79 Å². The molecule has 1 atom stereocenters. The maximum absolute atomic E-state index is 10.1. The fraction of sp³-hybridized carbons (Fsp3) is 0.733. The van der Waals surface area contributed by atoms with E-state index in [1.807, 2.05) is 0 Å². The van der Waals surface area contributed by atoms with Gasteiger partial charge in [0.15, 0.2) is 0 Å². The van der Waals surface area contributed by atoms with Crippen LogP contribution in [0.4, 0.5) is 0 Å². The second-order valence-electron chi connectivity index (χ2n) is 4.77. The standard InChI is InChI=1S/C9H16O4.C4H6O2.C2H6O2/c10-9(11)4-2-1-3-5-12-6-8-7-13-8;1-3(2)4(5)6;3-1-2-4/h8H,1-7H2,(H,10,11);1H2,2H3,(H,5,6);3-4H,1-2H2. The van der Waals surface area contributed by atoms with E-state index in [2.05, 4.69) is 6.58 Å². The number of unbranched alkanes of at least 4 members (excludes halogenated alkanes) is 2. The summed E-state index contributed by atoms with van der Waals surface area (Å²) >= 11 is 0. The van der Waals surface area contributed by atoms with Gasteiger partial charge < -0.3 is 29.9 Å². The summed E-state index contributed by atoms with van der Waals surface area (Å²) in [5, 5.41) is 31.5. The Morgan fingerprint density at radius 1 is 1.17 bits per heavy atom. The zero-order chi connectivity index (χ0) is 18.1. The highest BCUT2D eigenvalue weighted by molar-refractivity contribution is 5.84. The lowest BCUT2D eigenvalue weighted by Crippen LogP contribution is -2.03. The molecule has 0 spiro atoms. The summed E-state index contributed by atoms with van der Waals surface area (Å²) in [6, 6.07) is 0. The fourth-order valence-corrected chi connectivity index (χ4v) is 1.04. The van der Waals surface area contributed by atoms with E-state index in [1.165, 1.54) is 6.92 Å². The molecule has 0 aliphatic carbocycles. The first kappa shape index (κ1) is 23.8. The van der Waals surface area contributed by atoms with Crippen LogP contribution in [0.3, 0.4) is 0 Å². The first-order valence-electron chi connectivity index (χ1n) is 7.36. The zero-order valence-corrected chi connectivity index (χ0v) is 13.6. The minimum atomic E-state index is -0.935. The molecular weight excluding hydrogens is 308 g/mol. The molecule has 1 fully saturated rings. The van der Waals surface area contributed by atoms with Crippen molar-refractivity contribution in [2.75, 3.05) is 33.0 Å². The Kier molecular flexibility index (Phi) is 17.5. The number of hydrogen-bond acceptors (Lipinski definition) is 6. The molecule has 0 aromatic rings. The quantitative estimate of drug-likeness (QED) is 0.259. The summed E-state index contributed by atoms with van der Waals surface area (Å²) in [6.45, 7) is 6.60. The normalized spacial score (nSPS) is 14.7. The van der Waals surface area contributed by atoms with Crippen LogP contribution in [0.15, 0.2) is 12.2 Å². The number of carboxylic acids is 2. The SMILES string of the molecule is C=C(C)C(=O)O.O=C(O)CCCCCOCC1CO1.OCCO. The van der Waals surface area contributed by atoms with Crippen molar-refractivity contribution in [3.8, 4) is 0 Å². The summed E-state index contributed by atoms with van der Waals surface area (Å²) in [5.74, 6) is -1.65. The van der Waals surface area contributed by atoms with Crippen molar-refractivity contribution < 1.29 is 39.5 Å². The number of carbonyl (C=O) groups is 2. The minimum Gasteiger partial charge on any atom is -0.481 e. The number of carboxylic acid groups (broad SMARTS) is 2. The molecule has 0 amide bonds.